The number of benzene rings is 1. The number of amides is 2. The lowest BCUT2D eigenvalue weighted by molar-refractivity contribution is 0.239. The number of hydrogen-bond donors (Lipinski definition) is 2. The van der Waals surface area contributed by atoms with Crippen LogP contribution in [0.3, 0.4) is 0 Å². The Labute approximate surface area is 141 Å². The molecule has 2 aromatic heterocycles. The van der Waals surface area contributed by atoms with E-state index in [0.717, 1.165) is 0 Å². The Balaban J connectivity index is 1.54. The normalized spacial score (nSPS) is 10.7. The van der Waals surface area contributed by atoms with Crippen LogP contribution in [0.25, 0.3) is 11.1 Å². The molecule has 3 rings (SSSR count). The number of ether oxygens (including phenoxy) is 1. The number of carbonyl (C=O) groups is 1. The number of hydrogen-bond acceptors (Lipinski definition) is 4. The topological polar surface area (TPSA) is 76.4 Å². The lowest BCUT2D eigenvalue weighted by Crippen LogP contribution is -2.34. The molecule has 0 aliphatic rings. The number of methoxy groups -OCH3 is 1. The van der Waals surface area contributed by atoms with Gasteiger partial charge in [0.25, 0.3) is 0 Å². The van der Waals surface area contributed by atoms with Gasteiger partial charge in [0.15, 0.2) is 5.58 Å². The van der Waals surface area contributed by atoms with Crippen LogP contribution in [0.1, 0.15) is 11.3 Å². The van der Waals surface area contributed by atoms with Crippen molar-refractivity contribution in [2.45, 2.75) is 13.1 Å². The number of urea groups is 1. The van der Waals surface area contributed by atoms with Crippen molar-refractivity contribution in [3.63, 3.8) is 0 Å². The summed E-state index contributed by atoms with van der Waals surface area (Å²) < 4.78 is 36.8. The Morgan fingerprint density at radius 1 is 1.16 bits per heavy atom. The van der Waals surface area contributed by atoms with Crippen molar-refractivity contribution >= 4 is 17.1 Å². The summed E-state index contributed by atoms with van der Waals surface area (Å²) in [5, 5.41) is 5.20. The largest absolute Gasteiger partial charge is 0.497 e. The second kappa shape index (κ2) is 7.16. The molecule has 0 bridgehead atoms. The number of aromatic nitrogens is 1. The van der Waals surface area contributed by atoms with Gasteiger partial charge in [0.05, 0.1) is 13.7 Å². The molecular weight excluding hydrogens is 332 g/mol. The van der Waals surface area contributed by atoms with Crippen molar-refractivity contribution < 1.29 is 22.7 Å². The van der Waals surface area contributed by atoms with Gasteiger partial charge in [0.1, 0.15) is 22.8 Å². The number of pyridine rings is 1. The second-order valence-corrected chi connectivity index (χ2v) is 5.27. The summed E-state index contributed by atoms with van der Waals surface area (Å²) in [4.78, 5) is 15.5. The fourth-order valence-electron chi connectivity index (χ4n) is 2.29. The molecule has 2 N–H and O–H groups in total. The lowest BCUT2D eigenvalue weighted by atomic mass is 10.2. The Morgan fingerprint density at radius 2 is 1.96 bits per heavy atom. The number of nitrogens with zero attached hydrogens (tertiary/aromatic N) is 1. The standard InChI is InChI=1S/C17H15F2N3O3/c1-24-12-5-10(4-11(18)6-12)8-20-17(23)21-9-13-7-14-15(25-13)2-3-16(19)22-14/h2-7H,8-9H2,1H3,(H2,20,21,23). The van der Waals surface area contributed by atoms with Crippen LogP contribution in [-0.4, -0.2) is 18.1 Å². The van der Waals surface area contributed by atoms with E-state index in [1.165, 1.54) is 31.4 Å². The predicted molar refractivity (Wildman–Crippen MR) is 86.0 cm³/mol. The maximum absolute atomic E-state index is 13.4. The zero-order valence-corrected chi connectivity index (χ0v) is 13.3. The van der Waals surface area contributed by atoms with E-state index in [-0.39, 0.29) is 13.1 Å². The fraction of sp³-hybridized carbons (Fsp3) is 0.176. The van der Waals surface area contributed by atoms with Gasteiger partial charge in [0.2, 0.25) is 5.95 Å². The fourth-order valence-corrected chi connectivity index (χ4v) is 2.29. The maximum Gasteiger partial charge on any atom is 0.315 e. The van der Waals surface area contributed by atoms with E-state index >= 15 is 0 Å². The molecule has 0 aliphatic heterocycles. The minimum atomic E-state index is -0.601. The first-order valence-electron chi connectivity index (χ1n) is 7.43. The SMILES string of the molecule is COc1cc(F)cc(CNC(=O)NCc2cc3nc(F)ccc3o2)c1. The second-order valence-electron chi connectivity index (χ2n) is 5.27. The summed E-state index contributed by atoms with van der Waals surface area (Å²) in [5.41, 5.74) is 1.38. The van der Waals surface area contributed by atoms with E-state index in [9.17, 15) is 13.6 Å². The van der Waals surface area contributed by atoms with Crippen molar-refractivity contribution in [1.82, 2.24) is 15.6 Å². The molecular formula is C17H15F2N3O3. The van der Waals surface area contributed by atoms with Gasteiger partial charge in [-0.05, 0) is 29.8 Å². The highest BCUT2D eigenvalue weighted by Crippen LogP contribution is 2.18. The molecule has 0 unspecified atom stereocenters. The zero-order valence-electron chi connectivity index (χ0n) is 13.3. The monoisotopic (exact) mass is 347 g/mol. The summed E-state index contributed by atoms with van der Waals surface area (Å²) in [6.07, 6.45) is 0. The molecule has 0 saturated heterocycles. The first-order valence-corrected chi connectivity index (χ1v) is 7.43. The average Bonchev–Trinajstić information content (AvgIpc) is 2.99. The predicted octanol–water partition coefficient (Wildman–Crippen LogP) is 3.11. The highest BCUT2D eigenvalue weighted by Gasteiger charge is 2.08. The van der Waals surface area contributed by atoms with E-state index in [0.29, 0.717) is 28.2 Å². The summed E-state index contributed by atoms with van der Waals surface area (Å²) >= 11 is 0. The first-order chi connectivity index (χ1) is 12.0. The highest BCUT2D eigenvalue weighted by molar-refractivity contribution is 5.75. The van der Waals surface area contributed by atoms with Crippen LogP contribution in [-0.2, 0) is 13.1 Å². The van der Waals surface area contributed by atoms with Crippen LogP contribution in [0.5, 0.6) is 5.75 Å². The van der Waals surface area contributed by atoms with Gasteiger partial charge in [-0.25, -0.2) is 14.2 Å². The van der Waals surface area contributed by atoms with E-state index < -0.39 is 17.8 Å². The smallest absolute Gasteiger partial charge is 0.315 e. The molecule has 8 heteroatoms. The highest BCUT2D eigenvalue weighted by atomic mass is 19.1. The summed E-state index contributed by atoms with van der Waals surface area (Å²) in [6.45, 7) is 0.239. The van der Waals surface area contributed by atoms with Crippen LogP contribution in [0, 0.1) is 11.8 Å². The molecule has 25 heavy (non-hydrogen) atoms. The molecule has 3 aromatic rings. The molecule has 1 aromatic carbocycles. The number of halogens is 2. The number of carbonyl (C=O) groups excluding carboxylic acids is 1. The zero-order chi connectivity index (χ0) is 17.8. The molecule has 2 heterocycles. The maximum atomic E-state index is 13.4. The van der Waals surface area contributed by atoms with E-state index in [4.69, 9.17) is 9.15 Å². The first kappa shape index (κ1) is 16.7. The quantitative estimate of drug-likeness (QED) is 0.696. The summed E-state index contributed by atoms with van der Waals surface area (Å²) in [6, 6.07) is 7.95. The van der Waals surface area contributed by atoms with Crippen molar-refractivity contribution in [3.8, 4) is 5.75 Å². The molecule has 0 spiro atoms. The van der Waals surface area contributed by atoms with Crippen molar-refractivity contribution in [1.29, 1.82) is 0 Å². The van der Waals surface area contributed by atoms with Crippen LogP contribution in [0.15, 0.2) is 40.8 Å². The summed E-state index contributed by atoms with van der Waals surface area (Å²) in [5.74, 6) is -0.232. The Kier molecular flexibility index (Phi) is 4.78. The average molecular weight is 347 g/mol. The molecule has 0 aliphatic carbocycles. The van der Waals surface area contributed by atoms with Gasteiger partial charge in [-0.1, -0.05) is 0 Å². The van der Waals surface area contributed by atoms with Crippen LogP contribution < -0.4 is 15.4 Å². The molecule has 0 fully saturated rings. The Hall–Kier alpha value is -3.16. The minimum Gasteiger partial charge on any atom is -0.497 e. The number of rotatable bonds is 5. The Bertz CT molecular complexity index is 911. The van der Waals surface area contributed by atoms with Gasteiger partial charge in [0, 0.05) is 18.7 Å². The third-order valence-electron chi connectivity index (χ3n) is 3.43. The molecule has 0 saturated carbocycles. The molecule has 130 valence electrons. The summed E-state index contributed by atoms with van der Waals surface area (Å²) in [7, 11) is 1.44. The number of furan rings is 1. The van der Waals surface area contributed by atoms with Crippen LogP contribution >= 0.6 is 0 Å². The van der Waals surface area contributed by atoms with Gasteiger partial charge in [-0.15, -0.1) is 0 Å². The number of nitrogens with one attached hydrogen (secondary N) is 2. The van der Waals surface area contributed by atoms with Crippen molar-refractivity contribution in [2.24, 2.45) is 0 Å². The van der Waals surface area contributed by atoms with E-state index in [1.54, 1.807) is 12.1 Å². The minimum absolute atomic E-state index is 0.107. The molecule has 2 amide bonds. The van der Waals surface area contributed by atoms with E-state index in [2.05, 4.69) is 15.6 Å². The van der Waals surface area contributed by atoms with Gasteiger partial charge < -0.3 is 19.8 Å². The van der Waals surface area contributed by atoms with Gasteiger partial charge in [-0.3, -0.25) is 0 Å². The third kappa shape index (κ3) is 4.23. The number of fused-ring (bicyclic) bond motifs is 1. The Morgan fingerprint density at radius 3 is 2.76 bits per heavy atom. The van der Waals surface area contributed by atoms with Crippen molar-refractivity contribution in [3.05, 3.63) is 59.5 Å². The third-order valence-corrected chi connectivity index (χ3v) is 3.43. The molecule has 6 nitrogen and oxygen atoms in total. The van der Waals surface area contributed by atoms with Gasteiger partial charge >= 0.3 is 6.03 Å². The van der Waals surface area contributed by atoms with Crippen LogP contribution in [0.4, 0.5) is 13.6 Å². The molecule has 0 atom stereocenters. The van der Waals surface area contributed by atoms with E-state index in [1.807, 2.05) is 0 Å². The lowest BCUT2D eigenvalue weighted by Gasteiger charge is -2.08. The molecule has 0 radical (unpaired) electrons. The van der Waals surface area contributed by atoms with Crippen molar-refractivity contribution in [2.75, 3.05) is 7.11 Å². The van der Waals surface area contributed by atoms with Crippen LogP contribution in [0.2, 0.25) is 0 Å². The van der Waals surface area contributed by atoms with Gasteiger partial charge in [-0.2, -0.15) is 4.39 Å².